The van der Waals surface area contributed by atoms with E-state index in [2.05, 4.69) is 41.5 Å². The van der Waals surface area contributed by atoms with Gasteiger partial charge in [-0.1, -0.05) is 44.2 Å². The van der Waals surface area contributed by atoms with E-state index in [0.29, 0.717) is 6.54 Å². The van der Waals surface area contributed by atoms with Crippen LogP contribution in [0.1, 0.15) is 29.9 Å². The lowest BCUT2D eigenvalue weighted by molar-refractivity contribution is 0.0930. The summed E-state index contributed by atoms with van der Waals surface area (Å²) in [5, 5.41) is 8.82. The van der Waals surface area contributed by atoms with Crippen LogP contribution in [0.15, 0.2) is 47.3 Å². The third-order valence-corrected chi connectivity index (χ3v) is 3.16. The first-order valence-electron chi connectivity index (χ1n) is 6.84. The first-order valence-corrected chi connectivity index (χ1v) is 6.84. The van der Waals surface area contributed by atoms with Crippen LogP contribution >= 0.6 is 0 Å². The summed E-state index contributed by atoms with van der Waals surface area (Å²) in [6.45, 7) is 4.72. The van der Waals surface area contributed by atoms with Gasteiger partial charge in [0, 0.05) is 12.6 Å². The number of H-pyrrole nitrogens is 1. The summed E-state index contributed by atoms with van der Waals surface area (Å²) in [6.07, 6.45) is 0.868. The highest BCUT2D eigenvalue weighted by molar-refractivity contribution is 5.91. The molecule has 0 spiro atoms. The van der Waals surface area contributed by atoms with Gasteiger partial charge in [-0.05, 0) is 23.5 Å². The lowest BCUT2D eigenvalue weighted by Gasteiger charge is -2.25. The number of rotatable bonds is 5. The molecule has 110 valence electrons. The maximum absolute atomic E-state index is 12.0. The SMILES string of the molecule is CC(C)(CNC(=O)c1ccc(=O)[nH]n1)Cc1ccccc1. The van der Waals surface area contributed by atoms with Crippen LogP contribution < -0.4 is 10.9 Å². The number of nitrogens with one attached hydrogen (secondary N) is 2. The number of hydrogen-bond acceptors (Lipinski definition) is 3. The molecular formula is C16H19N3O2. The van der Waals surface area contributed by atoms with Crippen molar-refractivity contribution in [3.63, 3.8) is 0 Å². The molecule has 0 aliphatic heterocycles. The van der Waals surface area contributed by atoms with Gasteiger partial charge in [0.2, 0.25) is 0 Å². The van der Waals surface area contributed by atoms with E-state index in [1.165, 1.54) is 17.7 Å². The molecule has 1 heterocycles. The highest BCUT2D eigenvalue weighted by atomic mass is 16.2. The minimum absolute atomic E-state index is 0.0702. The summed E-state index contributed by atoms with van der Waals surface area (Å²) in [6, 6.07) is 12.9. The number of aromatic amines is 1. The van der Waals surface area contributed by atoms with Crippen molar-refractivity contribution < 1.29 is 4.79 Å². The van der Waals surface area contributed by atoms with Gasteiger partial charge in [0.25, 0.3) is 11.5 Å². The number of carbonyl (C=O) groups is 1. The second kappa shape index (κ2) is 6.35. The smallest absolute Gasteiger partial charge is 0.271 e. The molecule has 1 aromatic carbocycles. The van der Waals surface area contributed by atoms with Crippen molar-refractivity contribution in [2.75, 3.05) is 6.54 Å². The molecule has 0 bridgehead atoms. The molecule has 5 heteroatoms. The van der Waals surface area contributed by atoms with Crippen molar-refractivity contribution in [3.05, 3.63) is 64.1 Å². The Morgan fingerprint density at radius 3 is 2.52 bits per heavy atom. The molecule has 5 nitrogen and oxygen atoms in total. The third-order valence-electron chi connectivity index (χ3n) is 3.16. The van der Waals surface area contributed by atoms with Crippen molar-refractivity contribution in [1.29, 1.82) is 0 Å². The minimum Gasteiger partial charge on any atom is -0.350 e. The molecule has 1 aromatic heterocycles. The number of carbonyl (C=O) groups excluding carboxylic acids is 1. The van der Waals surface area contributed by atoms with Gasteiger partial charge in [-0.2, -0.15) is 5.10 Å². The van der Waals surface area contributed by atoms with Crippen molar-refractivity contribution >= 4 is 5.91 Å². The van der Waals surface area contributed by atoms with Gasteiger partial charge in [0.15, 0.2) is 0 Å². The van der Waals surface area contributed by atoms with Crippen LogP contribution in [0.25, 0.3) is 0 Å². The third kappa shape index (κ3) is 4.56. The van der Waals surface area contributed by atoms with Crippen LogP contribution in [0.5, 0.6) is 0 Å². The second-order valence-corrected chi connectivity index (χ2v) is 5.82. The Labute approximate surface area is 123 Å². The van der Waals surface area contributed by atoms with E-state index in [-0.39, 0.29) is 22.6 Å². The molecule has 0 radical (unpaired) electrons. The van der Waals surface area contributed by atoms with Crippen molar-refractivity contribution in [2.24, 2.45) is 5.41 Å². The molecule has 0 atom stereocenters. The van der Waals surface area contributed by atoms with Crippen molar-refractivity contribution in [1.82, 2.24) is 15.5 Å². The first kappa shape index (κ1) is 15.0. The zero-order chi connectivity index (χ0) is 15.3. The number of benzene rings is 1. The van der Waals surface area contributed by atoms with E-state index < -0.39 is 0 Å². The summed E-state index contributed by atoms with van der Waals surface area (Å²) in [4.78, 5) is 22.9. The molecule has 2 N–H and O–H groups in total. The molecule has 0 aliphatic rings. The molecule has 2 aromatic rings. The number of aromatic nitrogens is 2. The van der Waals surface area contributed by atoms with Gasteiger partial charge < -0.3 is 5.32 Å². The van der Waals surface area contributed by atoms with Gasteiger partial charge >= 0.3 is 0 Å². The van der Waals surface area contributed by atoms with E-state index >= 15 is 0 Å². The number of nitrogens with zero attached hydrogens (tertiary/aromatic N) is 1. The Morgan fingerprint density at radius 2 is 1.90 bits per heavy atom. The molecule has 21 heavy (non-hydrogen) atoms. The van der Waals surface area contributed by atoms with Crippen molar-refractivity contribution in [3.8, 4) is 0 Å². The summed E-state index contributed by atoms with van der Waals surface area (Å²) in [7, 11) is 0. The Bertz CT molecular complexity index is 642. The van der Waals surface area contributed by atoms with E-state index in [0.717, 1.165) is 6.42 Å². The predicted octanol–water partition coefficient (Wildman–Crippen LogP) is 1.77. The van der Waals surface area contributed by atoms with E-state index in [1.54, 1.807) is 0 Å². The highest BCUT2D eigenvalue weighted by Gasteiger charge is 2.20. The van der Waals surface area contributed by atoms with Gasteiger partial charge in [-0.25, -0.2) is 5.10 Å². The van der Waals surface area contributed by atoms with Gasteiger partial charge in [0.1, 0.15) is 5.69 Å². The normalized spacial score (nSPS) is 11.1. The maximum atomic E-state index is 12.0. The van der Waals surface area contributed by atoms with Crippen LogP contribution in [0.3, 0.4) is 0 Å². The average molecular weight is 285 g/mol. The maximum Gasteiger partial charge on any atom is 0.271 e. The van der Waals surface area contributed by atoms with Crippen molar-refractivity contribution in [2.45, 2.75) is 20.3 Å². The fourth-order valence-electron chi connectivity index (χ4n) is 2.09. The summed E-state index contributed by atoms with van der Waals surface area (Å²) >= 11 is 0. The second-order valence-electron chi connectivity index (χ2n) is 5.82. The number of hydrogen-bond donors (Lipinski definition) is 2. The van der Waals surface area contributed by atoms with Crippen LogP contribution in [0.2, 0.25) is 0 Å². The summed E-state index contributed by atoms with van der Waals surface area (Å²) in [5.41, 5.74) is 1.05. The Hall–Kier alpha value is -2.43. The van der Waals surface area contributed by atoms with E-state index in [9.17, 15) is 9.59 Å². The fraction of sp³-hybridized carbons (Fsp3) is 0.312. The largest absolute Gasteiger partial charge is 0.350 e. The zero-order valence-corrected chi connectivity index (χ0v) is 12.2. The Morgan fingerprint density at radius 1 is 1.19 bits per heavy atom. The monoisotopic (exact) mass is 285 g/mol. The zero-order valence-electron chi connectivity index (χ0n) is 12.2. The lowest BCUT2D eigenvalue weighted by Crippen LogP contribution is -2.36. The van der Waals surface area contributed by atoms with Crippen LogP contribution in [-0.4, -0.2) is 22.6 Å². The lowest BCUT2D eigenvalue weighted by atomic mass is 9.85. The predicted molar refractivity (Wildman–Crippen MR) is 81.1 cm³/mol. The molecule has 0 aliphatic carbocycles. The van der Waals surface area contributed by atoms with Gasteiger partial charge in [-0.3, -0.25) is 9.59 Å². The van der Waals surface area contributed by atoms with Crippen LogP contribution in [-0.2, 0) is 6.42 Å². The molecule has 0 fully saturated rings. The summed E-state index contributed by atoms with van der Waals surface area (Å²) < 4.78 is 0. The molecular weight excluding hydrogens is 266 g/mol. The minimum atomic E-state index is -0.323. The van der Waals surface area contributed by atoms with E-state index in [4.69, 9.17) is 0 Å². The Kier molecular flexibility index (Phi) is 4.52. The topological polar surface area (TPSA) is 74.8 Å². The Balaban J connectivity index is 1.93. The molecule has 0 saturated carbocycles. The molecule has 1 amide bonds. The van der Waals surface area contributed by atoms with Crippen LogP contribution in [0, 0.1) is 5.41 Å². The quantitative estimate of drug-likeness (QED) is 0.879. The fourth-order valence-corrected chi connectivity index (χ4v) is 2.09. The number of amides is 1. The first-order chi connectivity index (χ1) is 9.96. The molecule has 0 saturated heterocycles. The van der Waals surface area contributed by atoms with E-state index in [1.807, 2.05) is 18.2 Å². The highest BCUT2D eigenvalue weighted by Crippen LogP contribution is 2.20. The van der Waals surface area contributed by atoms with Crippen LogP contribution in [0.4, 0.5) is 0 Å². The van der Waals surface area contributed by atoms with Gasteiger partial charge in [0.05, 0.1) is 0 Å². The van der Waals surface area contributed by atoms with Gasteiger partial charge in [-0.15, -0.1) is 0 Å². The molecule has 0 unspecified atom stereocenters. The summed E-state index contributed by atoms with van der Waals surface area (Å²) in [5.74, 6) is -0.285. The average Bonchev–Trinajstić information content (AvgIpc) is 2.46. The molecule has 2 rings (SSSR count). The standard InChI is InChI=1S/C16H19N3O2/c1-16(2,10-12-6-4-3-5-7-12)11-17-15(21)13-8-9-14(20)19-18-13/h3-9H,10-11H2,1-2H3,(H,17,21)(H,19,20).